The number of hydrogen-bond donors (Lipinski definition) is 0. The number of hydrogen-bond acceptors (Lipinski definition) is 4. The molecule has 0 saturated heterocycles. The molecule has 0 N–H and O–H groups in total. The van der Waals surface area contributed by atoms with Crippen molar-refractivity contribution in [1.82, 2.24) is 4.98 Å². The van der Waals surface area contributed by atoms with E-state index in [1.54, 1.807) is 31.2 Å². The van der Waals surface area contributed by atoms with Gasteiger partial charge < -0.3 is 4.74 Å². The monoisotopic (exact) mass is 230 g/mol. The molecule has 0 bridgehead atoms. The molecule has 5 heteroatoms. The molecular formula is C12H10N2O3. The molecule has 1 heterocycles. The van der Waals surface area contributed by atoms with Crippen molar-refractivity contribution in [1.29, 1.82) is 0 Å². The summed E-state index contributed by atoms with van der Waals surface area (Å²) in [5.41, 5.74) is 0.407. The van der Waals surface area contributed by atoms with E-state index in [1.807, 2.05) is 6.07 Å². The summed E-state index contributed by atoms with van der Waals surface area (Å²) in [5.74, 6) is 0.732. The van der Waals surface area contributed by atoms with Gasteiger partial charge in [-0.3, -0.25) is 15.1 Å². The summed E-state index contributed by atoms with van der Waals surface area (Å²) >= 11 is 0. The van der Waals surface area contributed by atoms with Gasteiger partial charge in [0.25, 0.3) is 0 Å². The molecule has 0 amide bonds. The lowest BCUT2D eigenvalue weighted by Gasteiger charge is -2.07. The van der Waals surface area contributed by atoms with Crippen LogP contribution in [0.25, 0.3) is 0 Å². The van der Waals surface area contributed by atoms with Gasteiger partial charge in [0, 0.05) is 12.3 Å². The maximum absolute atomic E-state index is 10.9. The maximum atomic E-state index is 10.9. The van der Waals surface area contributed by atoms with E-state index in [-0.39, 0.29) is 11.4 Å². The molecular weight excluding hydrogens is 220 g/mol. The Labute approximate surface area is 97.8 Å². The molecule has 0 aliphatic heterocycles. The molecule has 5 nitrogen and oxygen atoms in total. The number of nitro groups is 1. The highest BCUT2D eigenvalue weighted by Crippen LogP contribution is 2.32. The Hall–Kier alpha value is -2.43. The van der Waals surface area contributed by atoms with Gasteiger partial charge in [-0.2, -0.15) is 0 Å². The van der Waals surface area contributed by atoms with Crippen molar-refractivity contribution in [2.75, 3.05) is 0 Å². The minimum atomic E-state index is -0.479. The Bertz CT molecular complexity index is 541. The molecule has 0 radical (unpaired) electrons. The Morgan fingerprint density at radius 3 is 2.59 bits per heavy atom. The van der Waals surface area contributed by atoms with Gasteiger partial charge in [-0.05, 0) is 19.1 Å². The second kappa shape index (κ2) is 4.61. The predicted octanol–water partition coefficient (Wildman–Crippen LogP) is 3.09. The summed E-state index contributed by atoms with van der Waals surface area (Å²) < 4.78 is 5.50. The first-order valence-electron chi connectivity index (χ1n) is 5.01. The largest absolute Gasteiger partial charge is 0.448 e. The first kappa shape index (κ1) is 11.1. The van der Waals surface area contributed by atoms with E-state index in [0.717, 1.165) is 0 Å². The quantitative estimate of drug-likeness (QED) is 0.600. The molecule has 0 unspecified atom stereocenters. The minimum absolute atomic E-state index is 0.0821. The number of nitrogens with zero attached hydrogens (tertiary/aromatic N) is 2. The SMILES string of the molecule is Cc1nccc([N+](=O)[O-])c1Oc1ccccc1. The Balaban J connectivity index is 2.41. The lowest BCUT2D eigenvalue weighted by molar-refractivity contribution is -0.385. The van der Waals surface area contributed by atoms with Crippen LogP contribution in [0.15, 0.2) is 42.6 Å². The normalized spacial score (nSPS) is 9.94. The van der Waals surface area contributed by atoms with Crippen LogP contribution < -0.4 is 4.74 Å². The second-order valence-electron chi connectivity index (χ2n) is 3.42. The van der Waals surface area contributed by atoms with E-state index in [9.17, 15) is 10.1 Å². The average Bonchev–Trinajstić information content (AvgIpc) is 2.33. The first-order valence-corrected chi connectivity index (χ1v) is 5.01. The zero-order chi connectivity index (χ0) is 12.3. The standard InChI is InChI=1S/C12H10N2O3/c1-9-12(11(14(15)16)7-8-13-9)17-10-5-3-2-4-6-10/h2-8H,1H3. The van der Waals surface area contributed by atoms with E-state index in [1.165, 1.54) is 12.3 Å². The second-order valence-corrected chi connectivity index (χ2v) is 3.42. The van der Waals surface area contributed by atoms with Crippen LogP contribution in [0.3, 0.4) is 0 Å². The number of aryl methyl sites for hydroxylation is 1. The zero-order valence-electron chi connectivity index (χ0n) is 9.16. The van der Waals surface area contributed by atoms with Crippen molar-refractivity contribution in [3.8, 4) is 11.5 Å². The molecule has 0 fully saturated rings. The van der Waals surface area contributed by atoms with Crippen molar-refractivity contribution in [2.24, 2.45) is 0 Å². The number of ether oxygens (including phenoxy) is 1. The molecule has 0 atom stereocenters. The van der Waals surface area contributed by atoms with E-state index in [4.69, 9.17) is 4.74 Å². The summed E-state index contributed by atoms with van der Waals surface area (Å²) in [6.45, 7) is 1.67. The third kappa shape index (κ3) is 2.39. The van der Waals surface area contributed by atoms with Crippen molar-refractivity contribution < 1.29 is 9.66 Å². The third-order valence-electron chi connectivity index (χ3n) is 2.22. The van der Waals surface area contributed by atoms with Crippen LogP contribution in [0.1, 0.15) is 5.69 Å². The molecule has 0 spiro atoms. The minimum Gasteiger partial charge on any atom is -0.448 e. The lowest BCUT2D eigenvalue weighted by Crippen LogP contribution is -1.97. The number of rotatable bonds is 3. The summed E-state index contributed by atoms with van der Waals surface area (Å²) in [6.07, 6.45) is 1.39. The molecule has 1 aromatic carbocycles. The lowest BCUT2D eigenvalue weighted by atomic mass is 10.3. The highest BCUT2D eigenvalue weighted by molar-refractivity contribution is 5.50. The first-order chi connectivity index (χ1) is 8.18. The summed E-state index contributed by atoms with van der Waals surface area (Å²) in [6, 6.07) is 10.2. The summed E-state index contributed by atoms with van der Waals surface area (Å²) in [5, 5.41) is 10.9. The smallest absolute Gasteiger partial charge is 0.315 e. The highest BCUT2D eigenvalue weighted by Gasteiger charge is 2.18. The predicted molar refractivity (Wildman–Crippen MR) is 62.1 cm³/mol. The molecule has 1 aromatic heterocycles. The zero-order valence-corrected chi connectivity index (χ0v) is 9.16. The molecule has 0 saturated carbocycles. The number of para-hydroxylation sites is 1. The maximum Gasteiger partial charge on any atom is 0.315 e. The van der Waals surface area contributed by atoms with E-state index in [2.05, 4.69) is 4.98 Å². The Morgan fingerprint density at radius 2 is 1.94 bits per heavy atom. The third-order valence-corrected chi connectivity index (χ3v) is 2.22. The molecule has 86 valence electrons. The van der Waals surface area contributed by atoms with Crippen LogP contribution in [-0.2, 0) is 0 Å². The molecule has 2 aromatic rings. The van der Waals surface area contributed by atoms with Crippen LogP contribution >= 0.6 is 0 Å². The van der Waals surface area contributed by atoms with Crippen molar-refractivity contribution in [3.63, 3.8) is 0 Å². The van der Waals surface area contributed by atoms with Gasteiger partial charge in [-0.1, -0.05) is 18.2 Å². The van der Waals surface area contributed by atoms with E-state index in [0.29, 0.717) is 11.4 Å². The number of pyridine rings is 1. The van der Waals surface area contributed by atoms with Crippen LogP contribution in [0, 0.1) is 17.0 Å². The van der Waals surface area contributed by atoms with Crippen LogP contribution in [0.2, 0.25) is 0 Å². The van der Waals surface area contributed by atoms with Gasteiger partial charge in [0.1, 0.15) is 5.75 Å². The van der Waals surface area contributed by atoms with E-state index < -0.39 is 4.92 Å². The fourth-order valence-electron chi connectivity index (χ4n) is 1.42. The van der Waals surface area contributed by atoms with Crippen molar-refractivity contribution >= 4 is 5.69 Å². The number of aromatic nitrogens is 1. The van der Waals surface area contributed by atoms with Gasteiger partial charge >= 0.3 is 5.69 Å². The van der Waals surface area contributed by atoms with Gasteiger partial charge in [-0.15, -0.1) is 0 Å². The highest BCUT2D eigenvalue weighted by atomic mass is 16.6. The molecule has 17 heavy (non-hydrogen) atoms. The number of benzene rings is 1. The fraction of sp³-hybridized carbons (Fsp3) is 0.0833. The van der Waals surface area contributed by atoms with Crippen molar-refractivity contribution in [2.45, 2.75) is 6.92 Å². The fourth-order valence-corrected chi connectivity index (χ4v) is 1.42. The van der Waals surface area contributed by atoms with Gasteiger partial charge in [0.15, 0.2) is 0 Å². The summed E-state index contributed by atoms with van der Waals surface area (Å²) in [7, 11) is 0. The van der Waals surface area contributed by atoms with Gasteiger partial charge in [-0.25, -0.2) is 0 Å². The Morgan fingerprint density at radius 1 is 1.24 bits per heavy atom. The average molecular weight is 230 g/mol. The van der Waals surface area contributed by atoms with Gasteiger partial charge in [0.2, 0.25) is 5.75 Å². The Kier molecular flexibility index (Phi) is 3.00. The topological polar surface area (TPSA) is 65.3 Å². The molecule has 0 aliphatic rings. The molecule has 0 aliphatic carbocycles. The van der Waals surface area contributed by atoms with Crippen LogP contribution in [-0.4, -0.2) is 9.91 Å². The van der Waals surface area contributed by atoms with Crippen LogP contribution in [0.4, 0.5) is 5.69 Å². The van der Waals surface area contributed by atoms with Crippen molar-refractivity contribution in [3.05, 3.63) is 58.4 Å². The van der Waals surface area contributed by atoms with Crippen LogP contribution in [0.5, 0.6) is 11.5 Å². The summed E-state index contributed by atoms with van der Waals surface area (Å²) in [4.78, 5) is 14.4. The molecule has 2 rings (SSSR count). The van der Waals surface area contributed by atoms with Gasteiger partial charge in [0.05, 0.1) is 10.6 Å². The van der Waals surface area contributed by atoms with E-state index >= 15 is 0 Å².